The van der Waals surface area contributed by atoms with E-state index in [9.17, 15) is 32.3 Å². The largest absolute Gasteiger partial charge is 0.471 e. The summed E-state index contributed by atoms with van der Waals surface area (Å²) in [5.41, 5.74) is 1.52. The molecule has 11 heteroatoms. The minimum atomic E-state index is -5.19. The van der Waals surface area contributed by atoms with E-state index < -0.39 is 48.0 Å². The van der Waals surface area contributed by atoms with E-state index in [0.717, 1.165) is 11.1 Å². The van der Waals surface area contributed by atoms with E-state index in [4.69, 9.17) is 4.74 Å². The van der Waals surface area contributed by atoms with E-state index in [1.54, 1.807) is 79.8 Å². The van der Waals surface area contributed by atoms with E-state index in [1.807, 2.05) is 0 Å². The molecule has 39 heavy (non-hydrogen) atoms. The van der Waals surface area contributed by atoms with Crippen molar-refractivity contribution in [2.24, 2.45) is 5.92 Å². The fourth-order valence-corrected chi connectivity index (χ4v) is 3.90. The van der Waals surface area contributed by atoms with Crippen LogP contribution in [0, 0.1) is 5.92 Å². The van der Waals surface area contributed by atoms with E-state index in [-0.39, 0.29) is 31.6 Å². The third-order valence-electron chi connectivity index (χ3n) is 5.87. The quantitative estimate of drug-likeness (QED) is 0.333. The molecule has 2 aromatic rings. The summed E-state index contributed by atoms with van der Waals surface area (Å²) in [7, 11) is 1.18. The Balaban J connectivity index is 2.21. The number of halogens is 3. The molecule has 0 radical (unpaired) electrons. The summed E-state index contributed by atoms with van der Waals surface area (Å²) in [6.45, 7) is 3.60. The zero-order valence-corrected chi connectivity index (χ0v) is 22.1. The number of methoxy groups -OCH3 is 1. The molecular weight excluding hydrogens is 515 g/mol. The smallest absolute Gasteiger partial charge is 0.467 e. The lowest BCUT2D eigenvalue weighted by molar-refractivity contribution is -0.174. The summed E-state index contributed by atoms with van der Waals surface area (Å²) >= 11 is 0. The maximum Gasteiger partial charge on any atom is 0.471 e. The molecule has 0 saturated carbocycles. The van der Waals surface area contributed by atoms with Crippen molar-refractivity contribution < 1.29 is 37.1 Å². The number of esters is 1. The SMILES string of the molecule is COC(=O)[C@H](Cc1ccccc1)NC(=O)[C@H](CC(C)C)NC(=O)[C@H](CCc1ccccc1)NC(=O)C(F)(F)F. The molecule has 0 unspecified atom stereocenters. The highest BCUT2D eigenvalue weighted by Crippen LogP contribution is 2.16. The van der Waals surface area contributed by atoms with Crippen LogP contribution in [-0.2, 0) is 36.8 Å². The topological polar surface area (TPSA) is 114 Å². The van der Waals surface area contributed by atoms with Gasteiger partial charge in [-0.15, -0.1) is 0 Å². The van der Waals surface area contributed by atoms with Gasteiger partial charge in [0, 0.05) is 6.42 Å². The number of amides is 3. The summed E-state index contributed by atoms with van der Waals surface area (Å²) < 4.78 is 43.8. The van der Waals surface area contributed by atoms with Crippen molar-refractivity contribution in [3.63, 3.8) is 0 Å². The van der Waals surface area contributed by atoms with Crippen LogP contribution in [-0.4, -0.2) is 55.1 Å². The fraction of sp³-hybridized carbons (Fsp3) is 0.429. The molecule has 3 amide bonds. The van der Waals surface area contributed by atoms with Crippen LogP contribution < -0.4 is 16.0 Å². The van der Waals surface area contributed by atoms with Gasteiger partial charge in [0.05, 0.1) is 7.11 Å². The number of aryl methyl sites for hydroxylation is 1. The van der Waals surface area contributed by atoms with Crippen LogP contribution in [0.4, 0.5) is 13.2 Å². The molecule has 8 nitrogen and oxygen atoms in total. The number of nitrogens with one attached hydrogen (secondary N) is 3. The van der Waals surface area contributed by atoms with Crippen LogP contribution in [0.15, 0.2) is 60.7 Å². The first-order valence-electron chi connectivity index (χ1n) is 12.5. The third-order valence-corrected chi connectivity index (χ3v) is 5.87. The predicted molar refractivity (Wildman–Crippen MR) is 138 cm³/mol. The van der Waals surface area contributed by atoms with Gasteiger partial charge >= 0.3 is 18.1 Å². The molecule has 0 aliphatic rings. The Morgan fingerprint density at radius 2 is 1.28 bits per heavy atom. The summed E-state index contributed by atoms with van der Waals surface area (Å²) in [5.74, 6) is -4.69. The molecule has 0 aliphatic heterocycles. The number of hydrogen-bond donors (Lipinski definition) is 3. The Morgan fingerprint density at radius 3 is 1.79 bits per heavy atom. The lowest BCUT2D eigenvalue weighted by atomic mass is 10.00. The van der Waals surface area contributed by atoms with Crippen molar-refractivity contribution in [2.75, 3.05) is 7.11 Å². The Morgan fingerprint density at radius 1 is 0.769 bits per heavy atom. The van der Waals surface area contributed by atoms with Crippen LogP contribution in [0.25, 0.3) is 0 Å². The number of hydrogen-bond acceptors (Lipinski definition) is 5. The number of ether oxygens (including phenoxy) is 1. The number of alkyl halides is 3. The Hall–Kier alpha value is -3.89. The lowest BCUT2D eigenvalue weighted by Gasteiger charge is -2.26. The molecule has 0 bridgehead atoms. The van der Waals surface area contributed by atoms with Gasteiger partial charge in [-0.25, -0.2) is 4.79 Å². The first-order chi connectivity index (χ1) is 18.4. The van der Waals surface area contributed by atoms with E-state index >= 15 is 0 Å². The second-order valence-electron chi connectivity index (χ2n) is 9.51. The van der Waals surface area contributed by atoms with Crippen molar-refractivity contribution in [2.45, 2.75) is 63.8 Å². The van der Waals surface area contributed by atoms with Crippen molar-refractivity contribution in [1.29, 1.82) is 0 Å². The van der Waals surface area contributed by atoms with Crippen LogP contribution >= 0.6 is 0 Å². The van der Waals surface area contributed by atoms with E-state index in [1.165, 1.54) is 7.11 Å². The van der Waals surface area contributed by atoms with Crippen LogP contribution in [0.2, 0.25) is 0 Å². The van der Waals surface area contributed by atoms with Gasteiger partial charge in [0.15, 0.2) is 0 Å². The van der Waals surface area contributed by atoms with Gasteiger partial charge < -0.3 is 20.7 Å². The molecule has 3 atom stereocenters. The normalized spacial score (nSPS) is 13.6. The van der Waals surface area contributed by atoms with E-state index in [0.29, 0.717) is 0 Å². The summed E-state index contributed by atoms with van der Waals surface area (Å²) in [5, 5.41) is 6.82. The molecule has 212 valence electrons. The van der Waals surface area contributed by atoms with Crippen LogP contribution in [0.3, 0.4) is 0 Å². The first kappa shape index (κ1) is 31.3. The molecule has 3 N–H and O–H groups in total. The molecule has 2 aromatic carbocycles. The van der Waals surface area contributed by atoms with Gasteiger partial charge in [-0.3, -0.25) is 14.4 Å². The molecule has 0 saturated heterocycles. The molecule has 2 rings (SSSR count). The lowest BCUT2D eigenvalue weighted by Crippen LogP contribution is -2.57. The minimum absolute atomic E-state index is 0.0979. The average molecular weight is 550 g/mol. The van der Waals surface area contributed by atoms with Crippen molar-refractivity contribution in [1.82, 2.24) is 16.0 Å². The van der Waals surface area contributed by atoms with E-state index in [2.05, 4.69) is 10.6 Å². The maximum atomic E-state index is 13.2. The van der Waals surface area contributed by atoms with Gasteiger partial charge in [0.2, 0.25) is 11.8 Å². The first-order valence-corrected chi connectivity index (χ1v) is 12.5. The highest BCUT2D eigenvalue weighted by Gasteiger charge is 2.41. The van der Waals surface area contributed by atoms with Gasteiger partial charge in [-0.2, -0.15) is 13.2 Å². The Labute approximate surface area is 225 Å². The van der Waals surface area contributed by atoms with Gasteiger partial charge in [0.25, 0.3) is 0 Å². The Kier molecular flexibility index (Phi) is 12.0. The fourth-order valence-electron chi connectivity index (χ4n) is 3.90. The second kappa shape index (κ2) is 14.9. The molecule has 0 fully saturated rings. The highest BCUT2D eigenvalue weighted by molar-refractivity contribution is 5.94. The van der Waals surface area contributed by atoms with Gasteiger partial charge in [-0.1, -0.05) is 74.5 Å². The van der Waals surface area contributed by atoms with Gasteiger partial charge in [0.1, 0.15) is 18.1 Å². The predicted octanol–water partition coefficient (Wildman–Crippen LogP) is 3.10. The minimum Gasteiger partial charge on any atom is -0.467 e. The van der Waals surface area contributed by atoms with Crippen LogP contribution in [0.5, 0.6) is 0 Å². The summed E-state index contributed by atoms with van der Waals surface area (Å²) in [4.78, 5) is 50.4. The second-order valence-corrected chi connectivity index (χ2v) is 9.51. The average Bonchev–Trinajstić information content (AvgIpc) is 2.89. The molecule has 0 spiro atoms. The van der Waals surface area contributed by atoms with Crippen molar-refractivity contribution in [3.8, 4) is 0 Å². The molecule has 0 aromatic heterocycles. The zero-order chi connectivity index (χ0) is 29.0. The summed E-state index contributed by atoms with van der Waals surface area (Å²) in [6.07, 6.45) is -4.85. The third kappa shape index (κ3) is 10.8. The number of carbonyl (C=O) groups is 4. The molecule has 0 aliphatic carbocycles. The summed E-state index contributed by atoms with van der Waals surface area (Å²) in [6, 6.07) is 13.9. The zero-order valence-electron chi connectivity index (χ0n) is 22.1. The monoisotopic (exact) mass is 549 g/mol. The maximum absolute atomic E-state index is 13.2. The van der Waals surface area contributed by atoms with Crippen molar-refractivity contribution >= 4 is 23.7 Å². The standard InChI is InChI=1S/C28H34F3N3O5/c1-18(2)16-22(25(36)33-23(26(37)39-3)17-20-12-8-5-9-13-20)32-24(35)21(34-27(38)28(29,30)31)15-14-19-10-6-4-7-11-19/h4-13,18,21-23H,14-17H2,1-3H3,(H,32,35)(H,33,36)(H,34,38)/t21-,22-,23-/m0/s1. The van der Waals surface area contributed by atoms with Gasteiger partial charge in [-0.05, 0) is 36.3 Å². The Bertz CT molecular complexity index is 1090. The van der Waals surface area contributed by atoms with Crippen LogP contribution in [0.1, 0.15) is 37.8 Å². The number of carbonyl (C=O) groups excluding carboxylic acids is 4. The number of benzene rings is 2. The molecule has 0 heterocycles. The molecular formula is C28H34F3N3O5. The van der Waals surface area contributed by atoms with Crippen molar-refractivity contribution in [3.05, 3.63) is 71.8 Å². The number of rotatable bonds is 13. The highest BCUT2D eigenvalue weighted by atomic mass is 19.4.